The summed E-state index contributed by atoms with van der Waals surface area (Å²) in [5, 5.41) is 5.42. The number of para-hydroxylation sites is 4. The molecule has 2 N–H and O–H groups in total. The maximum atomic E-state index is 11.2. The predicted molar refractivity (Wildman–Crippen MR) is 92.5 cm³/mol. The lowest BCUT2D eigenvalue weighted by atomic mass is 10.3. The van der Waals surface area contributed by atoms with Crippen molar-refractivity contribution in [2.75, 3.05) is 23.8 Å². The number of ether oxygens (including phenoxy) is 2. The first kappa shape index (κ1) is 17.3. The third kappa shape index (κ3) is 5.31. The van der Waals surface area contributed by atoms with Crippen molar-refractivity contribution in [2.45, 2.75) is 13.8 Å². The third-order valence-corrected chi connectivity index (χ3v) is 2.99. The van der Waals surface area contributed by atoms with Crippen molar-refractivity contribution in [3.05, 3.63) is 48.5 Å². The topological polar surface area (TPSA) is 76.7 Å². The zero-order chi connectivity index (χ0) is 17.4. The molecule has 0 aliphatic heterocycles. The number of hydrogen-bond acceptors (Lipinski definition) is 4. The van der Waals surface area contributed by atoms with Gasteiger partial charge in [-0.25, -0.2) is 0 Å². The van der Waals surface area contributed by atoms with Crippen molar-refractivity contribution in [1.29, 1.82) is 0 Å². The standard InChI is InChI=1S/C18H20N2O4/c1-13(21)19-15-7-3-5-9-17(15)23-11-12-24-18-10-6-4-8-16(18)20-14(2)22/h3-10H,11-12H2,1-2H3,(H,19,21)(H,20,22). The molecule has 0 spiro atoms. The zero-order valence-corrected chi connectivity index (χ0v) is 13.7. The Labute approximate surface area is 140 Å². The normalized spacial score (nSPS) is 9.92. The number of hydrogen-bond donors (Lipinski definition) is 2. The predicted octanol–water partition coefficient (Wildman–Crippen LogP) is 3.06. The van der Waals surface area contributed by atoms with E-state index < -0.39 is 0 Å². The van der Waals surface area contributed by atoms with Crippen LogP contribution in [0.1, 0.15) is 13.8 Å². The molecule has 0 atom stereocenters. The summed E-state index contributed by atoms with van der Waals surface area (Å²) in [6.07, 6.45) is 0. The van der Waals surface area contributed by atoms with E-state index in [1.54, 1.807) is 24.3 Å². The summed E-state index contributed by atoms with van der Waals surface area (Å²) < 4.78 is 11.3. The van der Waals surface area contributed by atoms with E-state index in [1.165, 1.54) is 13.8 Å². The minimum Gasteiger partial charge on any atom is -0.488 e. The molecule has 0 aliphatic rings. The van der Waals surface area contributed by atoms with Gasteiger partial charge in [0.15, 0.2) is 0 Å². The van der Waals surface area contributed by atoms with Crippen LogP contribution in [0.4, 0.5) is 11.4 Å². The van der Waals surface area contributed by atoms with Gasteiger partial charge in [-0.3, -0.25) is 9.59 Å². The summed E-state index contributed by atoms with van der Waals surface area (Å²) in [5.41, 5.74) is 1.23. The minimum absolute atomic E-state index is 0.161. The number of anilines is 2. The van der Waals surface area contributed by atoms with Gasteiger partial charge in [-0.2, -0.15) is 0 Å². The van der Waals surface area contributed by atoms with Gasteiger partial charge in [0.05, 0.1) is 11.4 Å². The lowest BCUT2D eigenvalue weighted by molar-refractivity contribution is -0.115. The lowest BCUT2D eigenvalue weighted by Crippen LogP contribution is -2.13. The molecule has 0 fully saturated rings. The van der Waals surface area contributed by atoms with E-state index in [4.69, 9.17) is 9.47 Å². The van der Waals surface area contributed by atoms with Crippen LogP contribution in [0, 0.1) is 0 Å². The Hall–Kier alpha value is -3.02. The van der Waals surface area contributed by atoms with Crippen LogP contribution < -0.4 is 20.1 Å². The molecule has 0 saturated carbocycles. The summed E-state index contributed by atoms with van der Waals surface area (Å²) in [4.78, 5) is 22.4. The van der Waals surface area contributed by atoms with Crippen molar-refractivity contribution < 1.29 is 19.1 Å². The van der Waals surface area contributed by atoms with Crippen LogP contribution in [-0.2, 0) is 9.59 Å². The van der Waals surface area contributed by atoms with Crippen LogP contribution in [0.15, 0.2) is 48.5 Å². The molecule has 2 amide bonds. The Morgan fingerprint density at radius 2 is 1.12 bits per heavy atom. The molecule has 0 saturated heterocycles. The minimum atomic E-state index is -0.161. The number of benzene rings is 2. The van der Waals surface area contributed by atoms with Gasteiger partial charge < -0.3 is 20.1 Å². The maximum absolute atomic E-state index is 11.2. The molecule has 2 aromatic carbocycles. The second-order valence-electron chi connectivity index (χ2n) is 5.05. The molecule has 0 aliphatic carbocycles. The fourth-order valence-corrected chi connectivity index (χ4v) is 2.07. The molecule has 0 aromatic heterocycles. The zero-order valence-electron chi connectivity index (χ0n) is 13.7. The van der Waals surface area contributed by atoms with E-state index in [9.17, 15) is 9.59 Å². The van der Waals surface area contributed by atoms with Crippen molar-refractivity contribution in [3.63, 3.8) is 0 Å². The van der Waals surface area contributed by atoms with Crippen LogP contribution in [-0.4, -0.2) is 25.0 Å². The van der Waals surface area contributed by atoms with Gasteiger partial charge in [0.2, 0.25) is 11.8 Å². The van der Waals surface area contributed by atoms with Gasteiger partial charge in [0.1, 0.15) is 24.7 Å². The Kier molecular flexibility index (Phi) is 6.19. The van der Waals surface area contributed by atoms with Gasteiger partial charge in [-0.15, -0.1) is 0 Å². The first-order valence-electron chi connectivity index (χ1n) is 7.55. The molecule has 0 heterocycles. The third-order valence-electron chi connectivity index (χ3n) is 2.99. The summed E-state index contributed by atoms with van der Waals surface area (Å²) in [7, 11) is 0. The van der Waals surface area contributed by atoms with Gasteiger partial charge in [-0.1, -0.05) is 24.3 Å². The molecule has 24 heavy (non-hydrogen) atoms. The van der Waals surface area contributed by atoms with Crippen molar-refractivity contribution in [3.8, 4) is 11.5 Å². The van der Waals surface area contributed by atoms with E-state index in [2.05, 4.69) is 10.6 Å². The number of rotatable bonds is 7. The molecule has 2 aromatic rings. The van der Waals surface area contributed by atoms with Gasteiger partial charge in [0.25, 0.3) is 0 Å². The van der Waals surface area contributed by atoms with Crippen molar-refractivity contribution in [1.82, 2.24) is 0 Å². The Balaban J connectivity index is 1.90. The van der Waals surface area contributed by atoms with E-state index in [0.29, 0.717) is 36.1 Å². The monoisotopic (exact) mass is 328 g/mol. The smallest absolute Gasteiger partial charge is 0.221 e. The van der Waals surface area contributed by atoms with Crippen LogP contribution in [0.5, 0.6) is 11.5 Å². The number of amides is 2. The maximum Gasteiger partial charge on any atom is 0.221 e. The van der Waals surface area contributed by atoms with E-state index in [0.717, 1.165) is 0 Å². The molecule has 2 rings (SSSR count). The summed E-state index contributed by atoms with van der Waals surface area (Å²) >= 11 is 0. The lowest BCUT2D eigenvalue weighted by Gasteiger charge is -2.14. The first-order valence-corrected chi connectivity index (χ1v) is 7.55. The molecule has 0 unspecified atom stereocenters. The van der Waals surface area contributed by atoms with Crippen LogP contribution in [0.3, 0.4) is 0 Å². The Morgan fingerprint density at radius 1 is 0.750 bits per heavy atom. The molecule has 6 heteroatoms. The summed E-state index contributed by atoms with van der Waals surface area (Å²) in [6, 6.07) is 14.4. The summed E-state index contributed by atoms with van der Waals surface area (Å²) in [5.74, 6) is 0.830. The molecular formula is C18H20N2O4. The van der Waals surface area contributed by atoms with Crippen LogP contribution in [0.25, 0.3) is 0 Å². The van der Waals surface area contributed by atoms with Gasteiger partial charge >= 0.3 is 0 Å². The van der Waals surface area contributed by atoms with Crippen molar-refractivity contribution in [2.24, 2.45) is 0 Å². The fraction of sp³-hybridized carbons (Fsp3) is 0.222. The van der Waals surface area contributed by atoms with Gasteiger partial charge in [0, 0.05) is 13.8 Å². The number of carbonyl (C=O) groups excluding carboxylic acids is 2. The van der Waals surface area contributed by atoms with Crippen LogP contribution in [0.2, 0.25) is 0 Å². The molecule has 126 valence electrons. The second-order valence-corrected chi connectivity index (χ2v) is 5.05. The molecule has 6 nitrogen and oxygen atoms in total. The number of carbonyl (C=O) groups is 2. The highest BCUT2D eigenvalue weighted by molar-refractivity contribution is 5.90. The average molecular weight is 328 g/mol. The van der Waals surface area contributed by atoms with Crippen molar-refractivity contribution >= 4 is 23.2 Å². The Bertz CT molecular complexity index is 654. The highest BCUT2D eigenvalue weighted by Gasteiger charge is 2.06. The average Bonchev–Trinajstić information content (AvgIpc) is 2.53. The largest absolute Gasteiger partial charge is 0.488 e. The van der Waals surface area contributed by atoms with Gasteiger partial charge in [-0.05, 0) is 24.3 Å². The van der Waals surface area contributed by atoms with E-state index in [1.807, 2.05) is 24.3 Å². The molecular weight excluding hydrogens is 308 g/mol. The fourth-order valence-electron chi connectivity index (χ4n) is 2.07. The highest BCUT2D eigenvalue weighted by Crippen LogP contribution is 2.25. The van der Waals surface area contributed by atoms with E-state index in [-0.39, 0.29) is 11.8 Å². The van der Waals surface area contributed by atoms with E-state index >= 15 is 0 Å². The highest BCUT2D eigenvalue weighted by atomic mass is 16.5. The number of nitrogens with one attached hydrogen (secondary N) is 2. The molecule has 0 radical (unpaired) electrons. The Morgan fingerprint density at radius 3 is 1.50 bits per heavy atom. The quantitative estimate of drug-likeness (QED) is 0.766. The molecule has 0 bridgehead atoms. The van der Waals surface area contributed by atoms with Crippen LogP contribution >= 0.6 is 0 Å². The first-order chi connectivity index (χ1) is 11.6. The summed E-state index contributed by atoms with van der Waals surface area (Å²) in [6.45, 7) is 3.48. The second kappa shape index (κ2) is 8.57. The SMILES string of the molecule is CC(=O)Nc1ccccc1OCCOc1ccccc1NC(C)=O.